The van der Waals surface area contributed by atoms with Gasteiger partial charge in [-0.1, -0.05) is 109 Å². The van der Waals surface area contributed by atoms with E-state index in [0.29, 0.717) is 0 Å². The fourth-order valence-corrected chi connectivity index (χ4v) is 4.65. The molecule has 0 unspecified atom stereocenters. The molecule has 0 aliphatic carbocycles. The van der Waals surface area contributed by atoms with Gasteiger partial charge in [0, 0.05) is 11.4 Å². The van der Waals surface area contributed by atoms with Crippen LogP contribution in [0, 0.1) is 0 Å². The van der Waals surface area contributed by atoms with E-state index in [2.05, 4.69) is 145 Å². The zero-order valence-electron chi connectivity index (χ0n) is 19.4. The second kappa shape index (κ2) is 9.32. The molecule has 0 fully saturated rings. The third-order valence-corrected chi connectivity index (χ3v) is 6.42. The predicted octanol–water partition coefficient (Wildman–Crippen LogP) is 9.58. The summed E-state index contributed by atoms with van der Waals surface area (Å²) in [5.41, 5.74) is 9.50. The molecule has 6 aromatic rings. The third kappa shape index (κ3) is 4.45. The standard InChI is InChI=1S/C34H25N/c1-3-10-25(11-4-1)28-15-9-16-32(23-28)35-31-20-18-27(19-21-31)34-24-30(26-12-5-2-6-13-26)22-29-14-7-8-17-33(29)34/h1-24,35H. The molecule has 0 atom stereocenters. The maximum absolute atomic E-state index is 3.57. The largest absolute Gasteiger partial charge is 0.356 e. The first-order valence-electron chi connectivity index (χ1n) is 11.9. The van der Waals surface area contributed by atoms with E-state index in [1.165, 1.54) is 44.2 Å². The lowest BCUT2D eigenvalue weighted by molar-refractivity contribution is 1.53. The molecule has 6 rings (SSSR count). The highest BCUT2D eigenvalue weighted by atomic mass is 14.9. The number of hydrogen-bond donors (Lipinski definition) is 1. The smallest absolute Gasteiger partial charge is 0.0390 e. The van der Waals surface area contributed by atoms with Crippen LogP contribution >= 0.6 is 0 Å². The van der Waals surface area contributed by atoms with Crippen LogP contribution in [0.15, 0.2) is 146 Å². The topological polar surface area (TPSA) is 12.0 Å². The number of benzene rings is 6. The summed E-state index contributed by atoms with van der Waals surface area (Å²) in [5, 5.41) is 6.09. The molecule has 0 bridgehead atoms. The van der Waals surface area contributed by atoms with Crippen LogP contribution in [0.1, 0.15) is 0 Å². The van der Waals surface area contributed by atoms with Gasteiger partial charge in [0.1, 0.15) is 0 Å². The van der Waals surface area contributed by atoms with E-state index in [1.54, 1.807) is 0 Å². The van der Waals surface area contributed by atoms with Crippen molar-refractivity contribution in [3.63, 3.8) is 0 Å². The molecule has 0 amide bonds. The highest BCUT2D eigenvalue weighted by Crippen LogP contribution is 2.35. The van der Waals surface area contributed by atoms with Crippen molar-refractivity contribution in [2.45, 2.75) is 0 Å². The summed E-state index contributed by atoms with van der Waals surface area (Å²) < 4.78 is 0. The van der Waals surface area contributed by atoms with Gasteiger partial charge in [-0.25, -0.2) is 0 Å². The minimum atomic E-state index is 1.07. The Morgan fingerprint density at radius 1 is 0.343 bits per heavy atom. The van der Waals surface area contributed by atoms with Crippen molar-refractivity contribution in [2.24, 2.45) is 0 Å². The van der Waals surface area contributed by atoms with Crippen molar-refractivity contribution in [2.75, 3.05) is 5.32 Å². The second-order valence-electron chi connectivity index (χ2n) is 8.76. The molecule has 166 valence electrons. The molecule has 1 heteroatoms. The van der Waals surface area contributed by atoms with Crippen LogP contribution in [0.2, 0.25) is 0 Å². The summed E-state index contributed by atoms with van der Waals surface area (Å²) >= 11 is 0. The Hall–Kier alpha value is -4.62. The third-order valence-electron chi connectivity index (χ3n) is 6.42. The van der Waals surface area contributed by atoms with E-state index >= 15 is 0 Å². The van der Waals surface area contributed by atoms with Gasteiger partial charge in [0.05, 0.1) is 0 Å². The second-order valence-corrected chi connectivity index (χ2v) is 8.76. The first kappa shape index (κ1) is 20.9. The van der Waals surface area contributed by atoms with Crippen molar-refractivity contribution in [1.29, 1.82) is 0 Å². The summed E-state index contributed by atoms with van der Waals surface area (Å²) in [6.07, 6.45) is 0. The van der Waals surface area contributed by atoms with Crippen LogP contribution in [-0.4, -0.2) is 0 Å². The Morgan fingerprint density at radius 2 is 0.971 bits per heavy atom. The molecule has 35 heavy (non-hydrogen) atoms. The zero-order chi connectivity index (χ0) is 23.5. The molecular weight excluding hydrogens is 422 g/mol. The Labute approximate surface area is 206 Å². The number of hydrogen-bond acceptors (Lipinski definition) is 1. The number of rotatable bonds is 5. The Bertz CT molecular complexity index is 1580. The van der Waals surface area contributed by atoms with Crippen LogP contribution in [0.25, 0.3) is 44.2 Å². The van der Waals surface area contributed by atoms with E-state index in [4.69, 9.17) is 0 Å². The molecule has 0 heterocycles. The van der Waals surface area contributed by atoms with Gasteiger partial charge < -0.3 is 5.32 Å². The lowest BCUT2D eigenvalue weighted by atomic mass is 9.93. The van der Waals surface area contributed by atoms with E-state index < -0.39 is 0 Å². The molecule has 0 radical (unpaired) electrons. The minimum absolute atomic E-state index is 1.07. The van der Waals surface area contributed by atoms with Gasteiger partial charge in [-0.05, 0) is 80.6 Å². The quantitative estimate of drug-likeness (QED) is 0.277. The molecule has 0 saturated heterocycles. The van der Waals surface area contributed by atoms with Crippen molar-refractivity contribution < 1.29 is 0 Å². The van der Waals surface area contributed by atoms with E-state index in [1.807, 2.05) is 6.07 Å². The zero-order valence-corrected chi connectivity index (χ0v) is 19.4. The van der Waals surface area contributed by atoms with Crippen molar-refractivity contribution >= 4 is 22.1 Å². The molecule has 1 N–H and O–H groups in total. The van der Waals surface area contributed by atoms with E-state index in [0.717, 1.165) is 11.4 Å². The lowest BCUT2D eigenvalue weighted by Gasteiger charge is -2.13. The van der Waals surface area contributed by atoms with Crippen LogP contribution in [-0.2, 0) is 0 Å². The van der Waals surface area contributed by atoms with Gasteiger partial charge in [0.25, 0.3) is 0 Å². The van der Waals surface area contributed by atoms with Gasteiger partial charge in [-0.3, -0.25) is 0 Å². The predicted molar refractivity (Wildman–Crippen MR) is 150 cm³/mol. The molecular formula is C34H25N. The first-order chi connectivity index (χ1) is 17.3. The minimum Gasteiger partial charge on any atom is -0.356 e. The average molecular weight is 448 g/mol. The highest BCUT2D eigenvalue weighted by molar-refractivity contribution is 6.00. The van der Waals surface area contributed by atoms with Crippen molar-refractivity contribution in [3.05, 3.63) is 146 Å². The van der Waals surface area contributed by atoms with Crippen molar-refractivity contribution in [3.8, 4) is 33.4 Å². The normalized spacial score (nSPS) is 10.9. The SMILES string of the molecule is c1ccc(-c2cccc(Nc3ccc(-c4cc(-c5ccccc5)cc5ccccc45)cc3)c2)cc1. The molecule has 0 saturated carbocycles. The van der Waals surface area contributed by atoms with Crippen LogP contribution in [0.3, 0.4) is 0 Å². The maximum Gasteiger partial charge on any atom is 0.0390 e. The monoisotopic (exact) mass is 447 g/mol. The Balaban J connectivity index is 1.33. The highest BCUT2D eigenvalue weighted by Gasteiger charge is 2.08. The summed E-state index contributed by atoms with van der Waals surface area (Å²) in [5.74, 6) is 0. The van der Waals surface area contributed by atoms with Gasteiger partial charge >= 0.3 is 0 Å². The van der Waals surface area contributed by atoms with Gasteiger partial charge in [-0.2, -0.15) is 0 Å². The van der Waals surface area contributed by atoms with Crippen molar-refractivity contribution in [1.82, 2.24) is 0 Å². The summed E-state index contributed by atoms with van der Waals surface area (Å²) in [4.78, 5) is 0. The van der Waals surface area contributed by atoms with E-state index in [9.17, 15) is 0 Å². The Morgan fingerprint density at radius 3 is 1.71 bits per heavy atom. The van der Waals surface area contributed by atoms with Crippen LogP contribution in [0.4, 0.5) is 11.4 Å². The van der Waals surface area contributed by atoms with Crippen LogP contribution < -0.4 is 5.32 Å². The maximum atomic E-state index is 3.57. The number of fused-ring (bicyclic) bond motifs is 1. The number of anilines is 2. The van der Waals surface area contributed by atoms with Gasteiger partial charge in [-0.15, -0.1) is 0 Å². The average Bonchev–Trinajstić information content (AvgIpc) is 2.94. The molecule has 0 aliphatic rings. The fraction of sp³-hybridized carbons (Fsp3) is 0. The molecule has 1 nitrogen and oxygen atoms in total. The summed E-state index contributed by atoms with van der Waals surface area (Å²) in [6.45, 7) is 0. The molecule has 6 aromatic carbocycles. The van der Waals surface area contributed by atoms with Gasteiger partial charge in [0.15, 0.2) is 0 Å². The van der Waals surface area contributed by atoms with Gasteiger partial charge in [0.2, 0.25) is 0 Å². The lowest BCUT2D eigenvalue weighted by Crippen LogP contribution is -1.91. The first-order valence-corrected chi connectivity index (χ1v) is 11.9. The molecule has 0 aromatic heterocycles. The Kier molecular flexibility index (Phi) is 5.58. The summed E-state index contributed by atoms with van der Waals surface area (Å²) in [6, 6.07) is 51.6. The summed E-state index contributed by atoms with van der Waals surface area (Å²) in [7, 11) is 0. The van der Waals surface area contributed by atoms with Crippen LogP contribution in [0.5, 0.6) is 0 Å². The molecule has 0 aliphatic heterocycles. The fourth-order valence-electron chi connectivity index (χ4n) is 4.65. The number of nitrogens with one attached hydrogen (secondary N) is 1. The molecule has 0 spiro atoms. The van der Waals surface area contributed by atoms with E-state index in [-0.39, 0.29) is 0 Å².